The fraction of sp³-hybridized carbons (Fsp3) is 0.475. The van der Waals surface area contributed by atoms with Gasteiger partial charge in [-0.3, -0.25) is 19.5 Å². The van der Waals surface area contributed by atoms with Crippen LogP contribution in [0.15, 0.2) is 60.9 Å². The van der Waals surface area contributed by atoms with E-state index in [-0.39, 0.29) is 17.4 Å². The third-order valence-corrected chi connectivity index (χ3v) is 13.3. The van der Waals surface area contributed by atoms with E-state index in [1.54, 1.807) is 19.4 Å². The van der Waals surface area contributed by atoms with E-state index in [1.807, 2.05) is 30.5 Å². The molecule has 2 aromatic carbocycles. The summed E-state index contributed by atoms with van der Waals surface area (Å²) in [5.74, 6) is 0.658. The van der Waals surface area contributed by atoms with E-state index in [2.05, 4.69) is 42.3 Å². The summed E-state index contributed by atoms with van der Waals surface area (Å²) in [6.07, 6.45) is 11.0. The van der Waals surface area contributed by atoms with E-state index in [1.165, 1.54) is 31.6 Å². The van der Waals surface area contributed by atoms with Crippen LogP contribution in [0.5, 0.6) is 5.75 Å². The van der Waals surface area contributed by atoms with E-state index >= 15 is 4.79 Å². The lowest BCUT2D eigenvalue weighted by atomic mass is 9.81. The number of amides is 2. The molecular weight excluding hydrogens is 677 g/mol. The van der Waals surface area contributed by atoms with Gasteiger partial charge in [0.2, 0.25) is 5.91 Å². The molecule has 2 atom stereocenters. The first kappa shape index (κ1) is 34.8. The summed E-state index contributed by atoms with van der Waals surface area (Å²) in [4.78, 5) is 37.2. The fourth-order valence-corrected chi connectivity index (χ4v) is 9.62. The van der Waals surface area contributed by atoms with Crippen LogP contribution < -0.4 is 9.46 Å². The SMILES string of the molecule is COc1ccc2c(c1)C1CC1(C(=O)N1CCCN(Cc3cccnc3)CC1)Cn1c-2c(C2CCCCC2)c2ccc(C(=O)NS(=O)(=O)N(C)C)cc21. The first-order chi connectivity index (χ1) is 25.1. The van der Waals surface area contributed by atoms with Crippen LogP contribution >= 0.6 is 0 Å². The molecule has 2 saturated carbocycles. The second kappa shape index (κ2) is 13.6. The molecule has 1 N–H and O–H groups in total. The molecule has 4 aromatic rings. The second-order valence-electron chi connectivity index (χ2n) is 15.3. The highest BCUT2D eigenvalue weighted by Crippen LogP contribution is 2.66. The van der Waals surface area contributed by atoms with E-state index in [4.69, 9.17) is 4.74 Å². The third kappa shape index (κ3) is 6.18. The molecule has 2 aromatic heterocycles. The molecule has 274 valence electrons. The third-order valence-electron chi connectivity index (χ3n) is 11.9. The average Bonchev–Trinajstić information content (AvgIpc) is 3.87. The van der Waals surface area contributed by atoms with Crippen LogP contribution in [-0.4, -0.2) is 91.3 Å². The van der Waals surface area contributed by atoms with E-state index < -0.39 is 21.5 Å². The summed E-state index contributed by atoms with van der Waals surface area (Å²) in [5, 5.41) is 1.07. The number of carbonyl (C=O) groups is 2. The number of nitrogens with zero attached hydrogens (tertiary/aromatic N) is 5. The zero-order valence-corrected chi connectivity index (χ0v) is 31.1. The van der Waals surface area contributed by atoms with Gasteiger partial charge in [-0.05, 0) is 84.7 Å². The van der Waals surface area contributed by atoms with Gasteiger partial charge in [-0.25, -0.2) is 4.72 Å². The monoisotopic (exact) mass is 724 g/mol. The highest BCUT2D eigenvalue weighted by atomic mass is 32.2. The highest BCUT2D eigenvalue weighted by molar-refractivity contribution is 7.87. The first-order valence-corrected chi connectivity index (χ1v) is 20.0. The number of carbonyl (C=O) groups excluding carboxylic acids is 2. The Balaban J connectivity index is 1.22. The Morgan fingerprint density at radius 3 is 2.58 bits per heavy atom. The highest BCUT2D eigenvalue weighted by Gasteiger charge is 2.63. The van der Waals surface area contributed by atoms with Crippen LogP contribution in [0.25, 0.3) is 22.2 Å². The van der Waals surface area contributed by atoms with Gasteiger partial charge < -0.3 is 14.2 Å². The summed E-state index contributed by atoms with van der Waals surface area (Å²) in [7, 11) is 0.481. The minimum absolute atomic E-state index is 0.0331. The lowest BCUT2D eigenvalue weighted by Gasteiger charge is -2.28. The van der Waals surface area contributed by atoms with E-state index in [9.17, 15) is 13.2 Å². The van der Waals surface area contributed by atoms with Gasteiger partial charge in [-0.2, -0.15) is 12.7 Å². The summed E-state index contributed by atoms with van der Waals surface area (Å²) in [5.41, 5.74) is 6.32. The van der Waals surface area contributed by atoms with Gasteiger partial charge in [-0.15, -0.1) is 0 Å². The molecule has 2 aliphatic heterocycles. The largest absolute Gasteiger partial charge is 0.497 e. The predicted octanol–water partition coefficient (Wildman–Crippen LogP) is 5.52. The minimum atomic E-state index is -3.98. The first-order valence-electron chi connectivity index (χ1n) is 18.6. The summed E-state index contributed by atoms with van der Waals surface area (Å²) >= 11 is 0. The molecule has 2 unspecified atom stereocenters. The molecule has 52 heavy (non-hydrogen) atoms. The summed E-state index contributed by atoms with van der Waals surface area (Å²) in [6.45, 7) is 4.38. The van der Waals surface area contributed by atoms with Gasteiger partial charge in [0.05, 0.1) is 18.2 Å². The van der Waals surface area contributed by atoms with Gasteiger partial charge in [0.1, 0.15) is 5.75 Å². The molecule has 0 spiro atoms. The topological polar surface area (TPSA) is 117 Å². The van der Waals surface area contributed by atoms with Crippen molar-refractivity contribution in [1.82, 2.24) is 28.4 Å². The Hall–Kier alpha value is -4.26. The van der Waals surface area contributed by atoms with Crippen LogP contribution in [0.1, 0.15) is 83.8 Å². The standard InChI is InChI=1S/C40H48N6O5S/c1-43(2)52(49,50)42-38(47)29-12-14-32-35(21-29)46-26-40(39(48)45-18-8-17-44(19-20-45)25-27-9-7-16-41-24-27)23-34(40)33-22-30(51-3)13-15-31(33)37(46)36(32)28-10-5-4-6-11-28/h7,9,12-16,21-22,24,28,34H,4-6,8,10-11,17-20,23,25-26H2,1-3H3,(H,42,47). The number of hydrogen-bond donors (Lipinski definition) is 1. The van der Waals surface area contributed by atoms with Crippen molar-refractivity contribution in [2.75, 3.05) is 47.4 Å². The van der Waals surface area contributed by atoms with Crippen molar-refractivity contribution in [2.24, 2.45) is 5.41 Å². The number of benzene rings is 2. The maximum absolute atomic E-state index is 15.0. The lowest BCUT2D eigenvalue weighted by Crippen LogP contribution is -2.42. The molecule has 0 radical (unpaired) electrons. The molecule has 2 amide bonds. The Morgan fingerprint density at radius 1 is 1.00 bits per heavy atom. The lowest BCUT2D eigenvalue weighted by molar-refractivity contribution is -0.137. The predicted molar refractivity (Wildman–Crippen MR) is 200 cm³/mol. The average molecular weight is 725 g/mol. The molecule has 11 nitrogen and oxygen atoms in total. The quantitative estimate of drug-likeness (QED) is 0.255. The molecular formula is C40H48N6O5S. The van der Waals surface area contributed by atoms with Gasteiger partial charge in [0, 0.05) is 93.7 Å². The molecule has 12 heteroatoms. The van der Waals surface area contributed by atoms with Gasteiger partial charge in [0.15, 0.2) is 0 Å². The van der Waals surface area contributed by atoms with E-state index in [0.29, 0.717) is 25.6 Å². The molecule has 0 bridgehead atoms. The Labute approximate surface area is 306 Å². The minimum Gasteiger partial charge on any atom is -0.497 e. The summed E-state index contributed by atoms with van der Waals surface area (Å²) < 4.78 is 36.5. The normalized spacial score (nSPS) is 22.2. The number of rotatable bonds is 8. The molecule has 2 aliphatic carbocycles. The number of nitrogens with one attached hydrogen (secondary N) is 1. The smallest absolute Gasteiger partial charge is 0.303 e. The molecule has 3 fully saturated rings. The molecule has 1 saturated heterocycles. The van der Waals surface area contributed by atoms with Crippen molar-refractivity contribution in [3.05, 3.63) is 83.2 Å². The zero-order chi connectivity index (χ0) is 36.2. The number of ether oxygens (including phenoxy) is 1. The number of methoxy groups -OCH3 is 1. The van der Waals surface area contributed by atoms with Crippen LogP contribution in [0.4, 0.5) is 0 Å². The number of aromatic nitrogens is 2. The van der Waals surface area contributed by atoms with Crippen LogP contribution in [-0.2, 0) is 28.1 Å². The maximum atomic E-state index is 15.0. The van der Waals surface area contributed by atoms with Crippen molar-refractivity contribution in [3.8, 4) is 17.0 Å². The number of fused-ring (bicyclic) bond motifs is 7. The van der Waals surface area contributed by atoms with E-state index in [0.717, 1.165) is 95.9 Å². The van der Waals surface area contributed by atoms with Crippen molar-refractivity contribution in [3.63, 3.8) is 0 Å². The Bertz CT molecular complexity index is 2130. The molecule has 8 rings (SSSR count). The summed E-state index contributed by atoms with van der Waals surface area (Å²) in [6, 6.07) is 15.9. The zero-order valence-electron chi connectivity index (χ0n) is 30.3. The second-order valence-corrected chi connectivity index (χ2v) is 17.2. The number of pyridine rings is 1. The van der Waals surface area contributed by atoms with Crippen molar-refractivity contribution in [2.45, 2.75) is 69.9 Å². The van der Waals surface area contributed by atoms with Crippen LogP contribution in [0.3, 0.4) is 0 Å². The maximum Gasteiger partial charge on any atom is 0.303 e. The Morgan fingerprint density at radius 2 is 1.83 bits per heavy atom. The molecule has 4 heterocycles. The van der Waals surface area contributed by atoms with Crippen molar-refractivity contribution < 1.29 is 22.7 Å². The van der Waals surface area contributed by atoms with Gasteiger partial charge in [0.25, 0.3) is 5.91 Å². The number of hydrogen-bond acceptors (Lipinski definition) is 7. The van der Waals surface area contributed by atoms with Crippen LogP contribution in [0, 0.1) is 5.41 Å². The van der Waals surface area contributed by atoms with Gasteiger partial charge in [-0.1, -0.05) is 31.4 Å². The van der Waals surface area contributed by atoms with Crippen LogP contribution in [0.2, 0.25) is 0 Å². The van der Waals surface area contributed by atoms with Crippen molar-refractivity contribution in [1.29, 1.82) is 0 Å². The fourth-order valence-electron chi connectivity index (χ4n) is 9.09. The molecule has 4 aliphatic rings. The Kier molecular flexibility index (Phi) is 9.11. The van der Waals surface area contributed by atoms with Crippen molar-refractivity contribution >= 4 is 32.9 Å². The van der Waals surface area contributed by atoms with Gasteiger partial charge >= 0.3 is 10.2 Å².